The zero-order valence-electron chi connectivity index (χ0n) is 13.1. The summed E-state index contributed by atoms with van der Waals surface area (Å²) in [5.74, 6) is 0.0402. The number of hydrogen-bond acceptors (Lipinski definition) is 3. The van der Waals surface area contributed by atoms with E-state index in [1.165, 1.54) is 5.56 Å². The van der Waals surface area contributed by atoms with Crippen LogP contribution >= 0.6 is 0 Å². The molecule has 0 unspecified atom stereocenters. The van der Waals surface area contributed by atoms with E-state index >= 15 is 0 Å². The first-order valence-corrected chi connectivity index (χ1v) is 7.54. The fourth-order valence-electron chi connectivity index (χ4n) is 3.13. The van der Waals surface area contributed by atoms with Crippen LogP contribution in [0.4, 0.5) is 0 Å². The number of rotatable bonds is 3. The minimum Gasteiger partial charge on any atom is -0.356 e. The van der Waals surface area contributed by atoms with Gasteiger partial charge in [-0.3, -0.25) is 4.79 Å². The molecule has 3 rings (SSSR count). The Morgan fingerprint density at radius 2 is 1.90 bits per heavy atom. The Balaban J connectivity index is 1.82. The van der Waals surface area contributed by atoms with Crippen LogP contribution in [-0.2, 0) is 20.7 Å². The second-order valence-corrected chi connectivity index (χ2v) is 6.64. The highest BCUT2D eigenvalue weighted by molar-refractivity contribution is 5.89. The summed E-state index contributed by atoms with van der Waals surface area (Å²) < 4.78 is 11.4. The lowest BCUT2D eigenvalue weighted by Gasteiger charge is -2.35. The molecular weight excluding hydrogens is 266 g/mol. The summed E-state index contributed by atoms with van der Waals surface area (Å²) in [6, 6.07) is 10.3. The number of carbonyl (C=O) groups is 1. The van der Waals surface area contributed by atoms with Crippen LogP contribution in [0, 0.1) is 0 Å². The van der Waals surface area contributed by atoms with Crippen LogP contribution in [-0.4, -0.2) is 40.9 Å². The van der Waals surface area contributed by atoms with Crippen molar-refractivity contribution in [2.45, 2.75) is 57.6 Å². The van der Waals surface area contributed by atoms with Gasteiger partial charge in [-0.05, 0) is 39.7 Å². The molecule has 1 amide bonds. The summed E-state index contributed by atoms with van der Waals surface area (Å²) in [6.45, 7) is 8.28. The van der Waals surface area contributed by atoms with Crippen molar-refractivity contribution in [3.8, 4) is 0 Å². The number of ether oxygens (including phenoxy) is 2. The van der Waals surface area contributed by atoms with E-state index in [4.69, 9.17) is 9.47 Å². The summed E-state index contributed by atoms with van der Waals surface area (Å²) in [6.07, 6.45) is 0.791. The molecule has 4 heteroatoms. The Kier molecular flexibility index (Phi) is 3.34. The molecule has 2 aliphatic rings. The minimum atomic E-state index is -0.681. The highest BCUT2D eigenvalue weighted by Gasteiger charge is 2.61. The maximum Gasteiger partial charge on any atom is 0.259 e. The zero-order valence-corrected chi connectivity index (χ0v) is 13.1. The molecule has 1 aromatic rings. The van der Waals surface area contributed by atoms with E-state index in [1.807, 2.05) is 50.8 Å². The van der Waals surface area contributed by atoms with E-state index in [1.54, 1.807) is 0 Å². The van der Waals surface area contributed by atoms with Gasteiger partial charge in [0.1, 0.15) is 5.72 Å². The van der Waals surface area contributed by atoms with Gasteiger partial charge < -0.3 is 14.4 Å². The van der Waals surface area contributed by atoms with E-state index in [2.05, 4.69) is 12.1 Å². The lowest BCUT2D eigenvalue weighted by Crippen LogP contribution is -2.53. The Morgan fingerprint density at radius 3 is 2.48 bits per heavy atom. The van der Waals surface area contributed by atoms with Crippen molar-refractivity contribution in [1.29, 1.82) is 0 Å². The van der Waals surface area contributed by atoms with Gasteiger partial charge in [-0.15, -0.1) is 0 Å². The molecule has 0 radical (unpaired) electrons. The van der Waals surface area contributed by atoms with Crippen molar-refractivity contribution in [3.63, 3.8) is 0 Å². The molecule has 114 valence electrons. The number of benzene rings is 1. The SMILES string of the molecule is C[C@H]1O[C@]1(C)C(=O)N1[C@@H](Cc2ccccc2)COC1(C)C. The van der Waals surface area contributed by atoms with E-state index < -0.39 is 11.3 Å². The molecule has 0 aliphatic carbocycles. The largest absolute Gasteiger partial charge is 0.356 e. The standard InChI is InChI=1S/C17H23NO3/c1-12-17(4,21-12)15(19)18-14(11-20-16(18,2)3)10-13-8-6-5-7-9-13/h5-9,12,14H,10-11H2,1-4H3/t12-,14+,17+/m1/s1. The van der Waals surface area contributed by atoms with E-state index in [0.29, 0.717) is 6.61 Å². The number of nitrogens with zero attached hydrogens (tertiary/aromatic N) is 1. The van der Waals surface area contributed by atoms with Gasteiger partial charge in [-0.1, -0.05) is 30.3 Å². The van der Waals surface area contributed by atoms with Crippen molar-refractivity contribution >= 4 is 5.91 Å². The van der Waals surface area contributed by atoms with Crippen LogP contribution in [0.1, 0.15) is 33.3 Å². The lowest BCUT2D eigenvalue weighted by atomic mass is 10.0. The van der Waals surface area contributed by atoms with Gasteiger partial charge in [-0.2, -0.15) is 0 Å². The number of carbonyl (C=O) groups excluding carboxylic acids is 1. The van der Waals surface area contributed by atoms with E-state index in [0.717, 1.165) is 6.42 Å². The van der Waals surface area contributed by atoms with Crippen molar-refractivity contribution in [2.24, 2.45) is 0 Å². The highest BCUT2D eigenvalue weighted by Crippen LogP contribution is 2.41. The van der Waals surface area contributed by atoms with Gasteiger partial charge in [0.05, 0.1) is 18.8 Å². The number of hydrogen-bond donors (Lipinski definition) is 0. The van der Waals surface area contributed by atoms with Gasteiger partial charge in [-0.25, -0.2) is 0 Å². The first-order chi connectivity index (χ1) is 9.84. The second kappa shape index (κ2) is 4.82. The zero-order chi connectivity index (χ0) is 15.3. The van der Waals surface area contributed by atoms with Gasteiger partial charge in [0.2, 0.25) is 0 Å². The number of amides is 1. The maximum absolute atomic E-state index is 12.9. The quantitative estimate of drug-likeness (QED) is 0.802. The Bertz CT molecular complexity index is 542. The van der Waals surface area contributed by atoms with Gasteiger partial charge in [0.15, 0.2) is 5.60 Å². The molecule has 0 saturated carbocycles. The first kappa shape index (κ1) is 14.5. The summed E-state index contributed by atoms with van der Waals surface area (Å²) in [5.41, 5.74) is -0.0398. The van der Waals surface area contributed by atoms with E-state index in [-0.39, 0.29) is 18.1 Å². The third kappa shape index (κ3) is 2.47. The number of epoxide rings is 1. The molecule has 0 bridgehead atoms. The smallest absolute Gasteiger partial charge is 0.259 e. The van der Waals surface area contributed by atoms with Crippen LogP contribution in [0.3, 0.4) is 0 Å². The highest BCUT2D eigenvalue weighted by atomic mass is 16.6. The average Bonchev–Trinajstić information content (AvgIpc) is 2.94. The van der Waals surface area contributed by atoms with Gasteiger partial charge >= 0.3 is 0 Å². The summed E-state index contributed by atoms with van der Waals surface area (Å²) in [5, 5.41) is 0. The minimum absolute atomic E-state index is 0.0150. The molecule has 2 heterocycles. The van der Waals surface area contributed by atoms with Crippen LogP contribution in [0.25, 0.3) is 0 Å². The fourth-order valence-corrected chi connectivity index (χ4v) is 3.13. The monoisotopic (exact) mass is 289 g/mol. The molecule has 21 heavy (non-hydrogen) atoms. The molecule has 0 aromatic heterocycles. The fraction of sp³-hybridized carbons (Fsp3) is 0.588. The topological polar surface area (TPSA) is 42.1 Å². The van der Waals surface area contributed by atoms with Crippen molar-refractivity contribution in [2.75, 3.05) is 6.61 Å². The van der Waals surface area contributed by atoms with Crippen LogP contribution in [0.2, 0.25) is 0 Å². The molecule has 2 fully saturated rings. The molecule has 1 aromatic carbocycles. The van der Waals surface area contributed by atoms with Crippen molar-refractivity contribution in [1.82, 2.24) is 4.90 Å². The lowest BCUT2D eigenvalue weighted by molar-refractivity contribution is -0.151. The third-order valence-electron chi connectivity index (χ3n) is 4.67. The molecule has 2 aliphatic heterocycles. The predicted octanol–water partition coefficient (Wildman–Crippen LogP) is 2.37. The van der Waals surface area contributed by atoms with Gasteiger partial charge in [0.25, 0.3) is 5.91 Å². The molecular formula is C17H23NO3. The Labute approximate surface area is 126 Å². The first-order valence-electron chi connectivity index (χ1n) is 7.54. The second-order valence-electron chi connectivity index (χ2n) is 6.64. The van der Waals surface area contributed by atoms with Crippen molar-refractivity contribution in [3.05, 3.63) is 35.9 Å². The van der Waals surface area contributed by atoms with Crippen molar-refractivity contribution < 1.29 is 14.3 Å². The van der Waals surface area contributed by atoms with Crippen LogP contribution in [0.5, 0.6) is 0 Å². The molecule has 4 nitrogen and oxygen atoms in total. The average molecular weight is 289 g/mol. The summed E-state index contributed by atoms with van der Waals surface area (Å²) in [4.78, 5) is 14.8. The molecule has 3 atom stereocenters. The summed E-state index contributed by atoms with van der Waals surface area (Å²) >= 11 is 0. The predicted molar refractivity (Wildman–Crippen MR) is 79.8 cm³/mol. The van der Waals surface area contributed by atoms with Crippen LogP contribution in [0.15, 0.2) is 30.3 Å². The third-order valence-corrected chi connectivity index (χ3v) is 4.67. The van der Waals surface area contributed by atoms with Crippen LogP contribution < -0.4 is 0 Å². The summed E-state index contributed by atoms with van der Waals surface area (Å²) in [7, 11) is 0. The molecule has 0 spiro atoms. The Morgan fingerprint density at radius 1 is 1.29 bits per heavy atom. The Hall–Kier alpha value is -1.39. The van der Waals surface area contributed by atoms with E-state index in [9.17, 15) is 4.79 Å². The molecule has 0 N–H and O–H groups in total. The molecule has 2 saturated heterocycles. The maximum atomic E-state index is 12.9. The van der Waals surface area contributed by atoms with Gasteiger partial charge in [0, 0.05) is 0 Å². The normalized spacial score (nSPS) is 34.0.